The normalized spacial score (nSPS) is 12.2. The van der Waals surface area contributed by atoms with Crippen molar-refractivity contribution in [3.8, 4) is 0 Å². The molecule has 1 aromatic rings. The number of carbonyl (C=O) groups excluding carboxylic acids is 1. The zero-order valence-corrected chi connectivity index (χ0v) is 13.2. The van der Waals surface area contributed by atoms with Gasteiger partial charge >= 0.3 is 0 Å². The minimum atomic E-state index is -3.47. The number of nitrogens with zero attached hydrogens (tertiary/aromatic N) is 1. The van der Waals surface area contributed by atoms with Gasteiger partial charge in [0.2, 0.25) is 5.91 Å². The number of rotatable bonds is 5. The Bertz CT molecular complexity index is 577. The van der Waals surface area contributed by atoms with E-state index in [4.69, 9.17) is 5.73 Å². The number of amides is 1. The molecule has 0 radical (unpaired) electrons. The van der Waals surface area contributed by atoms with Crippen LogP contribution < -0.4 is 5.73 Å². The molecule has 0 saturated carbocycles. The molecule has 0 aliphatic carbocycles. The average Bonchev–Trinajstić information content (AvgIpc) is 2.36. The van der Waals surface area contributed by atoms with Gasteiger partial charge in [0.15, 0.2) is 9.84 Å². The summed E-state index contributed by atoms with van der Waals surface area (Å²) in [5.74, 6) is -0.390. The van der Waals surface area contributed by atoms with Crippen molar-refractivity contribution in [2.45, 2.75) is 32.1 Å². The van der Waals surface area contributed by atoms with Crippen molar-refractivity contribution >= 4 is 21.4 Å². The predicted molar refractivity (Wildman–Crippen MR) is 80.9 cm³/mol. The highest BCUT2D eigenvalue weighted by Gasteiger charge is 2.40. The summed E-state index contributed by atoms with van der Waals surface area (Å²) < 4.78 is 22.1. The van der Waals surface area contributed by atoms with Gasteiger partial charge in [-0.05, 0) is 38.5 Å². The summed E-state index contributed by atoms with van der Waals surface area (Å²) in [4.78, 5) is 14.0. The minimum absolute atomic E-state index is 0.370. The van der Waals surface area contributed by atoms with Gasteiger partial charge in [0.1, 0.15) is 4.75 Å². The maximum Gasteiger partial charge on any atom is 0.243 e. The van der Waals surface area contributed by atoms with Gasteiger partial charge in [0.25, 0.3) is 0 Å². The summed E-state index contributed by atoms with van der Waals surface area (Å²) in [6, 6.07) is 7.18. The maximum atomic E-state index is 12.4. The predicted octanol–water partition coefficient (Wildman–Crippen LogP) is 1.44. The average molecular weight is 298 g/mol. The second-order valence-corrected chi connectivity index (χ2v) is 7.91. The lowest BCUT2D eigenvalue weighted by Gasteiger charge is -2.30. The van der Waals surface area contributed by atoms with Gasteiger partial charge in [-0.2, -0.15) is 0 Å². The zero-order chi connectivity index (χ0) is 15.6. The molecule has 20 heavy (non-hydrogen) atoms. The number of benzene rings is 1. The lowest BCUT2D eigenvalue weighted by molar-refractivity contribution is -0.133. The molecule has 0 aliphatic heterocycles. The summed E-state index contributed by atoms with van der Waals surface area (Å²) in [7, 11) is -3.47. The van der Waals surface area contributed by atoms with E-state index in [0.717, 1.165) is 11.8 Å². The summed E-state index contributed by atoms with van der Waals surface area (Å²) >= 11 is 0. The third kappa shape index (κ3) is 3.50. The molecular weight excluding hydrogens is 276 g/mol. The van der Waals surface area contributed by atoms with E-state index >= 15 is 0 Å². The zero-order valence-electron chi connectivity index (χ0n) is 12.4. The Labute approximate surface area is 120 Å². The topological polar surface area (TPSA) is 80.5 Å². The van der Waals surface area contributed by atoms with Crippen LogP contribution in [0.4, 0.5) is 5.69 Å². The molecule has 0 atom stereocenters. The number of carbonyl (C=O) groups is 1. The fourth-order valence-electron chi connectivity index (χ4n) is 1.71. The van der Waals surface area contributed by atoms with Crippen LogP contribution in [0.25, 0.3) is 0 Å². The lowest BCUT2D eigenvalue weighted by Crippen LogP contribution is -2.49. The monoisotopic (exact) mass is 298 g/mol. The van der Waals surface area contributed by atoms with Gasteiger partial charge in [-0.25, -0.2) is 8.42 Å². The van der Waals surface area contributed by atoms with Gasteiger partial charge in [0.05, 0.1) is 0 Å². The Morgan fingerprint density at radius 1 is 1.25 bits per heavy atom. The van der Waals surface area contributed by atoms with Crippen molar-refractivity contribution in [3.63, 3.8) is 0 Å². The van der Waals surface area contributed by atoms with Gasteiger partial charge in [0, 0.05) is 25.0 Å². The molecular formula is C14H22N2O3S. The fourth-order valence-corrected chi connectivity index (χ4v) is 2.16. The summed E-state index contributed by atoms with van der Waals surface area (Å²) in [6.07, 6.45) is 1.09. The molecule has 1 rings (SSSR count). The number of hydrogen-bond acceptors (Lipinski definition) is 4. The maximum absolute atomic E-state index is 12.4. The Morgan fingerprint density at radius 3 is 2.15 bits per heavy atom. The van der Waals surface area contributed by atoms with Crippen molar-refractivity contribution in [2.75, 3.05) is 18.5 Å². The molecule has 0 bridgehead atoms. The van der Waals surface area contributed by atoms with Crippen molar-refractivity contribution in [3.05, 3.63) is 29.8 Å². The molecule has 0 fully saturated rings. The number of nitrogen functional groups attached to an aromatic ring is 1. The molecule has 1 aromatic carbocycles. The lowest BCUT2D eigenvalue weighted by atomic mass is 10.1. The third-order valence-corrected chi connectivity index (χ3v) is 5.49. The highest BCUT2D eigenvalue weighted by molar-refractivity contribution is 7.92. The number of nitrogens with two attached hydrogens (primary N) is 1. The fraction of sp³-hybridized carbons (Fsp3) is 0.500. The van der Waals surface area contributed by atoms with Crippen molar-refractivity contribution in [1.82, 2.24) is 4.90 Å². The van der Waals surface area contributed by atoms with Gasteiger partial charge in [-0.3, -0.25) is 4.79 Å². The Kier molecular flexibility index (Phi) is 4.81. The molecule has 6 heteroatoms. The van der Waals surface area contributed by atoms with E-state index in [-0.39, 0.29) is 5.91 Å². The van der Waals surface area contributed by atoms with Crippen molar-refractivity contribution < 1.29 is 13.2 Å². The molecule has 0 aliphatic rings. The highest BCUT2D eigenvalue weighted by Crippen LogP contribution is 2.20. The van der Waals surface area contributed by atoms with Crippen LogP contribution in [0.3, 0.4) is 0 Å². The third-order valence-electron chi connectivity index (χ3n) is 3.46. The largest absolute Gasteiger partial charge is 0.399 e. The molecule has 2 N–H and O–H groups in total. The molecule has 0 spiro atoms. The molecule has 0 unspecified atom stereocenters. The smallest absolute Gasteiger partial charge is 0.243 e. The van der Waals surface area contributed by atoms with E-state index in [9.17, 15) is 13.2 Å². The minimum Gasteiger partial charge on any atom is -0.399 e. The SMILES string of the molecule is CCN(Cc1ccc(N)cc1)C(=O)C(C)(C)S(C)(=O)=O. The first-order valence-corrected chi connectivity index (χ1v) is 8.32. The van der Waals surface area contributed by atoms with E-state index in [1.807, 2.05) is 19.1 Å². The first kappa shape index (κ1) is 16.5. The van der Waals surface area contributed by atoms with Crippen molar-refractivity contribution in [2.24, 2.45) is 0 Å². The summed E-state index contributed by atoms with van der Waals surface area (Å²) in [5, 5.41) is 0. The summed E-state index contributed by atoms with van der Waals surface area (Å²) in [6.45, 7) is 5.52. The van der Waals surface area contributed by atoms with Crippen LogP contribution in [0, 0.1) is 0 Å². The molecule has 112 valence electrons. The van der Waals surface area contributed by atoms with Crippen LogP contribution in [0.5, 0.6) is 0 Å². The molecule has 1 amide bonds. The van der Waals surface area contributed by atoms with Gasteiger partial charge < -0.3 is 10.6 Å². The van der Waals surface area contributed by atoms with Crippen LogP contribution in [0.1, 0.15) is 26.3 Å². The van der Waals surface area contributed by atoms with Crippen LogP contribution in [0.15, 0.2) is 24.3 Å². The highest BCUT2D eigenvalue weighted by atomic mass is 32.2. The Hall–Kier alpha value is -1.56. The van der Waals surface area contributed by atoms with E-state index in [2.05, 4.69) is 0 Å². The number of hydrogen-bond donors (Lipinski definition) is 1. The molecule has 0 saturated heterocycles. The second-order valence-electron chi connectivity index (χ2n) is 5.34. The molecule has 0 heterocycles. The Balaban J connectivity index is 2.97. The van der Waals surface area contributed by atoms with Gasteiger partial charge in [-0.1, -0.05) is 12.1 Å². The van der Waals surface area contributed by atoms with Crippen LogP contribution in [-0.4, -0.2) is 36.8 Å². The second kappa shape index (κ2) is 5.83. The standard InChI is InChI=1S/C14H22N2O3S/c1-5-16(10-11-6-8-12(15)9-7-11)13(17)14(2,3)20(4,18)19/h6-9H,5,10,15H2,1-4H3. The summed E-state index contributed by atoms with van der Waals surface area (Å²) in [5.41, 5.74) is 7.18. The first-order chi connectivity index (χ1) is 9.09. The Morgan fingerprint density at radius 2 is 1.75 bits per heavy atom. The van der Waals surface area contributed by atoms with E-state index in [1.54, 1.807) is 12.1 Å². The number of sulfone groups is 1. The van der Waals surface area contributed by atoms with E-state index in [1.165, 1.54) is 18.7 Å². The van der Waals surface area contributed by atoms with Crippen molar-refractivity contribution in [1.29, 1.82) is 0 Å². The van der Waals surface area contributed by atoms with Crippen LogP contribution >= 0.6 is 0 Å². The van der Waals surface area contributed by atoms with Gasteiger partial charge in [-0.15, -0.1) is 0 Å². The van der Waals surface area contributed by atoms with Crippen LogP contribution in [0.2, 0.25) is 0 Å². The van der Waals surface area contributed by atoms with E-state index in [0.29, 0.717) is 18.8 Å². The molecule has 0 aromatic heterocycles. The quantitative estimate of drug-likeness (QED) is 0.834. The van der Waals surface area contributed by atoms with E-state index < -0.39 is 14.6 Å². The molecule has 5 nitrogen and oxygen atoms in total. The first-order valence-electron chi connectivity index (χ1n) is 6.43. The van der Waals surface area contributed by atoms with Crippen LogP contribution in [-0.2, 0) is 21.2 Å². The number of anilines is 1.